The Kier molecular flexibility index (Phi) is 2.67. The summed E-state index contributed by atoms with van der Waals surface area (Å²) in [6.07, 6.45) is 1.61. The minimum Gasteiger partial charge on any atom is -0.329 e. The average Bonchev–Trinajstić information content (AvgIpc) is 3.10. The third kappa shape index (κ3) is 1.73. The van der Waals surface area contributed by atoms with E-state index in [0.717, 1.165) is 12.8 Å². The lowest BCUT2D eigenvalue weighted by Gasteiger charge is -2.13. The number of hydrogen-bond acceptors (Lipinski definition) is 4. The standard InChI is InChI=1S/C15H15NO4/c1-3-15(2)8-11(15)14(19)20-16-12(17)9-6-4-5-7-10(9)13(16)18/h4-7,11H,3,8H2,1-2H3. The molecule has 1 aliphatic carbocycles. The fourth-order valence-corrected chi connectivity index (χ4v) is 2.57. The molecule has 5 nitrogen and oxygen atoms in total. The Labute approximate surface area is 116 Å². The quantitative estimate of drug-likeness (QED) is 0.792. The van der Waals surface area contributed by atoms with Gasteiger partial charge < -0.3 is 4.84 Å². The van der Waals surface area contributed by atoms with E-state index < -0.39 is 17.8 Å². The van der Waals surface area contributed by atoms with Gasteiger partial charge in [-0.05, 0) is 30.4 Å². The van der Waals surface area contributed by atoms with Crippen LogP contribution in [0.3, 0.4) is 0 Å². The van der Waals surface area contributed by atoms with Crippen LogP contribution in [0.25, 0.3) is 0 Å². The van der Waals surface area contributed by atoms with Gasteiger partial charge in [0.05, 0.1) is 17.0 Å². The molecule has 2 aliphatic rings. The van der Waals surface area contributed by atoms with Gasteiger partial charge in [0, 0.05) is 0 Å². The van der Waals surface area contributed by atoms with E-state index in [1.54, 1.807) is 24.3 Å². The summed E-state index contributed by atoms with van der Waals surface area (Å²) in [6.45, 7) is 4.01. The molecule has 104 valence electrons. The molecule has 1 aromatic carbocycles. The number of fused-ring (bicyclic) bond motifs is 1. The summed E-state index contributed by atoms with van der Waals surface area (Å²) in [5, 5.41) is 0.585. The van der Waals surface area contributed by atoms with Crippen LogP contribution in [0.4, 0.5) is 0 Å². The zero-order chi connectivity index (χ0) is 14.5. The number of hydroxylamine groups is 2. The van der Waals surface area contributed by atoms with Crippen molar-refractivity contribution in [2.75, 3.05) is 0 Å². The Morgan fingerprint density at radius 2 is 1.85 bits per heavy atom. The van der Waals surface area contributed by atoms with Crippen molar-refractivity contribution < 1.29 is 19.2 Å². The van der Waals surface area contributed by atoms with E-state index in [0.29, 0.717) is 5.06 Å². The maximum absolute atomic E-state index is 12.0. The van der Waals surface area contributed by atoms with E-state index in [-0.39, 0.29) is 22.5 Å². The number of imide groups is 1. The van der Waals surface area contributed by atoms with Crippen molar-refractivity contribution in [1.29, 1.82) is 0 Å². The van der Waals surface area contributed by atoms with E-state index >= 15 is 0 Å². The molecule has 0 spiro atoms. The molecule has 5 heteroatoms. The Hall–Kier alpha value is -2.17. The smallest absolute Gasteiger partial charge is 0.329 e. The van der Waals surface area contributed by atoms with Crippen LogP contribution in [-0.2, 0) is 9.63 Å². The summed E-state index contributed by atoms with van der Waals surface area (Å²) >= 11 is 0. The van der Waals surface area contributed by atoms with Crippen molar-refractivity contribution in [3.05, 3.63) is 35.4 Å². The number of hydrogen-bond donors (Lipinski definition) is 0. The molecule has 1 heterocycles. The molecular formula is C15H15NO4. The summed E-state index contributed by atoms with van der Waals surface area (Å²) in [5.74, 6) is -1.86. The van der Waals surface area contributed by atoms with Gasteiger partial charge in [-0.25, -0.2) is 4.79 Å². The maximum Gasteiger partial charge on any atom is 0.336 e. The highest BCUT2D eigenvalue weighted by Crippen LogP contribution is 2.55. The Balaban J connectivity index is 1.76. The lowest BCUT2D eigenvalue weighted by atomic mass is 10.0. The monoisotopic (exact) mass is 273 g/mol. The second-order valence-electron chi connectivity index (χ2n) is 5.62. The van der Waals surface area contributed by atoms with Crippen molar-refractivity contribution >= 4 is 17.8 Å². The van der Waals surface area contributed by atoms with Gasteiger partial charge in [-0.1, -0.05) is 31.0 Å². The third-order valence-corrected chi connectivity index (χ3v) is 4.38. The van der Waals surface area contributed by atoms with Crippen molar-refractivity contribution in [2.24, 2.45) is 11.3 Å². The zero-order valence-corrected chi connectivity index (χ0v) is 11.4. The zero-order valence-electron chi connectivity index (χ0n) is 11.4. The first-order valence-electron chi connectivity index (χ1n) is 6.67. The molecule has 0 saturated heterocycles. The molecule has 1 aromatic rings. The molecule has 0 bridgehead atoms. The van der Waals surface area contributed by atoms with E-state index in [4.69, 9.17) is 4.84 Å². The Bertz CT molecular complexity index is 589. The first kappa shape index (κ1) is 12.8. The van der Waals surface area contributed by atoms with Gasteiger partial charge in [0.15, 0.2) is 0 Å². The second kappa shape index (κ2) is 4.16. The molecule has 2 amide bonds. The molecule has 3 rings (SSSR count). The van der Waals surface area contributed by atoms with Crippen molar-refractivity contribution in [3.63, 3.8) is 0 Å². The molecule has 2 unspecified atom stereocenters. The molecule has 0 N–H and O–H groups in total. The lowest BCUT2D eigenvalue weighted by molar-refractivity contribution is -0.171. The highest BCUT2D eigenvalue weighted by Gasteiger charge is 2.55. The van der Waals surface area contributed by atoms with Crippen LogP contribution in [0.2, 0.25) is 0 Å². The summed E-state index contributed by atoms with van der Waals surface area (Å²) in [6, 6.07) is 6.45. The van der Waals surface area contributed by atoms with Gasteiger partial charge >= 0.3 is 5.97 Å². The topological polar surface area (TPSA) is 63.7 Å². The summed E-state index contributed by atoms with van der Waals surface area (Å²) in [5.41, 5.74) is 0.495. The van der Waals surface area contributed by atoms with Gasteiger partial charge in [-0.3, -0.25) is 9.59 Å². The number of amides is 2. The minimum absolute atomic E-state index is 0.0598. The third-order valence-electron chi connectivity index (χ3n) is 4.38. The van der Waals surface area contributed by atoms with E-state index in [2.05, 4.69) is 0 Å². The van der Waals surface area contributed by atoms with Gasteiger partial charge in [0.1, 0.15) is 0 Å². The largest absolute Gasteiger partial charge is 0.336 e. The summed E-state index contributed by atoms with van der Waals surface area (Å²) < 4.78 is 0. The molecular weight excluding hydrogens is 258 g/mol. The lowest BCUT2D eigenvalue weighted by Crippen LogP contribution is -2.33. The Morgan fingerprint density at radius 1 is 1.30 bits per heavy atom. The molecule has 2 atom stereocenters. The van der Waals surface area contributed by atoms with Crippen molar-refractivity contribution in [1.82, 2.24) is 5.06 Å². The highest BCUT2D eigenvalue weighted by atomic mass is 16.7. The normalized spacial score (nSPS) is 27.5. The number of benzene rings is 1. The maximum atomic E-state index is 12.0. The first-order valence-corrected chi connectivity index (χ1v) is 6.67. The van der Waals surface area contributed by atoms with E-state index in [9.17, 15) is 14.4 Å². The SMILES string of the molecule is CCC1(C)CC1C(=O)ON1C(=O)c2ccccc2C1=O. The predicted octanol–water partition coefficient (Wildman–Crippen LogP) is 2.18. The number of nitrogens with zero attached hydrogens (tertiary/aromatic N) is 1. The minimum atomic E-state index is -0.571. The fourth-order valence-electron chi connectivity index (χ4n) is 2.57. The van der Waals surface area contributed by atoms with Crippen LogP contribution < -0.4 is 0 Å². The van der Waals surface area contributed by atoms with Crippen LogP contribution >= 0.6 is 0 Å². The highest BCUT2D eigenvalue weighted by molar-refractivity contribution is 6.20. The predicted molar refractivity (Wildman–Crippen MR) is 69.5 cm³/mol. The fraction of sp³-hybridized carbons (Fsp3) is 0.400. The van der Waals surface area contributed by atoms with Gasteiger partial charge in [0.2, 0.25) is 0 Å². The molecule has 0 aromatic heterocycles. The van der Waals surface area contributed by atoms with E-state index in [1.807, 2.05) is 13.8 Å². The van der Waals surface area contributed by atoms with Crippen LogP contribution in [-0.4, -0.2) is 22.8 Å². The van der Waals surface area contributed by atoms with Gasteiger partial charge in [0.25, 0.3) is 11.8 Å². The summed E-state index contributed by atoms with van der Waals surface area (Å²) in [4.78, 5) is 41.1. The molecule has 0 radical (unpaired) electrons. The molecule has 1 aliphatic heterocycles. The van der Waals surface area contributed by atoms with Crippen molar-refractivity contribution in [3.8, 4) is 0 Å². The second-order valence-corrected chi connectivity index (χ2v) is 5.62. The molecule has 1 fully saturated rings. The number of rotatable bonds is 3. The van der Waals surface area contributed by atoms with Crippen LogP contribution in [0, 0.1) is 11.3 Å². The summed E-state index contributed by atoms with van der Waals surface area (Å²) in [7, 11) is 0. The van der Waals surface area contributed by atoms with Crippen molar-refractivity contribution in [2.45, 2.75) is 26.7 Å². The van der Waals surface area contributed by atoms with Crippen LogP contribution in [0.15, 0.2) is 24.3 Å². The van der Waals surface area contributed by atoms with Crippen LogP contribution in [0.1, 0.15) is 47.4 Å². The van der Waals surface area contributed by atoms with Gasteiger partial charge in [-0.2, -0.15) is 0 Å². The first-order chi connectivity index (χ1) is 9.48. The average molecular weight is 273 g/mol. The Morgan fingerprint density at radius 3 is 2.30 bits per heavy atom. The molecule has 1 saturated carbocycles. The van der Waals surface area contributed by atoms with E-state index in [1.165, 1.54) is 0 Å². The van der Waals surface area contributed by atoms with Gasteiger partial charge in [-0.15, -0.1) is 0 Å². The van der Waals surface area contributed by atoms with Crippen LogP contribution in [0.5, 0.6) is 0 Å². The number of carbonyl (C=O) groups is 3. The molecule has 20 heavy (non-hydrogen) atoms. The number of carbonyl (C=O) groups excluding carboxylic acids is 3.